The summed E-state index contributed by atoms with van der Waals surface area (Å²) in [4.78, 5) is 10.4. The van der Waals surface area contributed by atoms with Crippen molar-refractivity contribution in [1.29, 1.82) is 0 Å². The number of aliphatic hydroxyl groups is 1. The highest BCUT2D eigenvalue weighted by atomic mass is 35.5. The first-order valence-corrected chi connectivity index (χ1v) is 6.98. The number of rotatable bonds is 5. The molecule has 7 nitrogen and oxygen atoms in total. The highest BCUT2D eigenvalue weighted by molar-refractivity contribution is 6.33. The molecular formula is C14H17ClN4O3. The molecule has 1 aromatic heterocycles. The topological polar surface area (TPSA) is 93.2 Å². The van der Waals surface area contributed by atoms with E-state index in [0.29, 0.717) is 16.8 Å². The molecule has 0 saturated heterocycles. The summed E-state index contributed by atoms with van der Waals surface area (Å²) < 4.78 is 1.60. The Morgan fingerprint density at radius 3 is 2.77 bits per heavy atom. The smallest absolute Gasteiger partial charge is 0.273 e. The van der Waals surface area contributed by atoms with Crippen molar-refractivity contribution in [3.05, 3.63) is 50.8 Å². The molecule has 8 heteroatoms. The van der Waals surface area contributed by atoms with Gasteiger partial charge in [-0.25, -0.2) is 0 Å². The summed E-state index contributed by atoms with van der Waals surface area (Å²) >= 11 is 6.06. The van der Waals surface area contributed by atoms with Crippen LogP contribution in [0.3, 0.4) is 0 Å². The molecule has 0 amide bonds. The summed E-state index contributed by atoms with van der Waals surface area (Å²) in [5.41, 5.74) is 0.520. The van der Waals surface area contributed by atoms with Crippen LogP contribution in [0.4, 0.5) is 11.4 Å². The SMILES string of the molecule is Cc1cc(NCC(C)(O)c2cnn(C)c2)c(Cl)cc1[N+](=O)[O-]. The van der Waals surface area contributed by atoms with Gasteiger partial charge in [-0.2, -0.15) is 5.10 Å². The van der Waals surface area contributed by atoms with Gasteiger partial charge in [0.15, 0.2) is 0 Å². The minimum Gasteiger partial charge on any atom is -0.383 e. The number of nitrogens with one attached hydrogen (secondary N) is 1. The Hall–Kier alpha value is -2.12. The Balaban J connectivity index is 2.18. The fourth-order valence-corrected chi connectivity index (χ4v) is 2.30. The van der Waals surface area contributed by atoms with Gasteiger partial charge in [0.1, 0.15) is 5.60 Å². The van der Waals surface area contributed by atoms with Crippen molar-refractivity contribution >= 4 is 23.0 Å². The van der Waals surface area contributed by atoms with Gasteiger partial charge in [-0.1, -0.05) is 11.6 Å². The van der Waals surface area contributed by atoms with Crippen LogP contribution < -0.4 is 5.32 Å². The second-order valence-corrected chi connectivity index (χ2v) is 5.81. The molecule has 118 valence electrons. The number of aromatic nitrogens is 2. The summed E-state index contributed by atoms with van der Waals surface area (Å²) in [5.74, 6) is 0. The number of anilines is 1. The minimum atomic E-state index is -1.15. The molecule has 1 unspecified atom stereocenters. The normalized spacial score (nSPS) is 13.7. The first-order chi connectivity index (χ1) is 10.2. The van der Waals surface area contributed by atoms with Crippen molar-refractivity contribution in [2.45, 2.75) is 19.4 Å². The molecule has 0 saturated carbocycles. The lowest BCUT2D eigenvalue weighted by Gasteiger charge is -2.23. The first-order valence-electron chi connectivity index (χ1n) is 6.60. The number of hydrogen-bond acceptors (Lipinski definition) is 5. The van der Waals surface area contributed by atoms with Gasteiger partial charge in [0.05, 0.1) is 21.8 Å². The summed E-state index contributed by atoms with van der Waals surface area (Å²) in [6, 6.07) is 2.90. The van der Waals surface area contributed by atoms with Crippen LogP contribution in [0.5, 0.6) is 0 Å². The fraction of sp³-hybridized carbons (Fsp3) is 0.357. The van der Waals surface area contributed by atoms with E-state index in [9.17, 15) is 15.2 Å². The summed E-state index contributed by atoms with van der Waals surface area (Å²) in [7, 11) is 1.77. The van der Waals surface area contributed by atoms with Gasteiger partial charge in [-0.3, -0.25) is 14.8 Å². The fourth-order valence-electron chi connectivity index (χ4n) is 2.07. The third-order valence-electron chi connectivity index (χ3n) is 3.43. The van der Waals surface area contributed by atoms with E-state index in [1.54, 1.807) is 44.0 Å². The summed E-state index contributed by atoms with van der Waals surface area (Å²) in [6.45, 7) is 3.48. The molecule has 1 heterocycles. The van der Waals surface area contributed by atoms with Crippen molar-refractivity contribution in [1.82, 2.24) is 9.78 Å². The Bertz CT molecular complexity index is 712. The molecule has 0 aliphatic heterocycles. The average molecular weight is 325 g/mol. The van der Waals surface area contributed by atoms with Crippen LogP contribution in [0.2, 0.25) is 5.02 Å². The van der Waals surface area contributed by atoms with Gasteiger partial charge in [-0.15, -0.1) is 0 Å². The largest absolute Gasteiger partial charge is 0.383 e. The first kappa shape index (κ1) is 16.3. The van der Waals surface area contributed by atoms with E-state index < -0.39 is 10.5 Å². The van der Waals surface area contributed by atoms with E-state index in [2.05, 4.69) is 10.4 Å². The van der Waals surface area contributed by atoms with E-state index in [-0.39, 0.29) is 17.3 Å². The van der Waals surface area contributed by atoms with Gasteiger partial charge in [0.25, 0.3) is 5.69 Å². The standard InChI is InChI=1S/C14H17ClN4O3/c1-9-4-12(11(15)5-13(9)19(21)22)16-8-14(2,20)10-6-17-18(3)7-10/h4-7,16,20H,8H2,1-3H3. The molecule has 2 N–H and O–H groups in total. The Morgan fingerprint density at radius 2 is 2.23 bits per heavy atom. The van der Waals surface area contributed by atoms with Crippen LogP contribution >= 0.6 is 11.6 Å². The second kappa shape index (κ2) is 5.94. The number of hydrogen-bond donors (Lipinski definition) is 2. The predicted octanol–water partition coefficient (Wildman–Crippen LogP) is 2.61. The van der Waals surface area contributed by atoms with Crippen LogP contribution in [0, 0.1) is 17.0 Å². The average Bonchev–Trinajstić information content (AvgIpc) is 2.86. The van der Waals surface area contributed by atoms with E-state index in [0.717, 1.165) is 0 Å². The molecule has 0 spiro atoms. The molecule has 0 aliphatic rings. The maximum atomic E-state index is 10.9. The lowest BCUT2D eigenvalue weighted by Crippen LogP contribution is -2.30. The molecule has 0 aliphatic carbocycles. The number of nitro groups is 1. The molecule has 2 aromatic rings. The van der Waals surface area contributed by atoms with Gasteiger partial charge >= 0.3 is 0 Å². The Kier molecular flexibility index (Phi) is 4.39. The van der Waals surface area contributed by atoms with Crippen LogP contribution in [0.15, 0.2) is 24.5 Å². The maximum absolute atomic E-state index is 10.9. The van der Waals surface area contributed by atoms with E-state index in [1.165, 1.54) is 6.07 Å². The van der Waals surface area contributed by atoms with Crippen molar-refractivity contribution in [2.75, 3.05) is 11.9 Å². The van der Waals surface area contributed by atoms with E-state index in [1.807, 2.05) is 0 Å². The van der Waals surface area contributed by atoms with Crippen molar-refractivity contribution < 1.29 is 10.0 Å². The third kappa shape index (κ3) is 3.37. The lowest BCUT2D eigenvalue weighted by molar-refractivity contribution is -0.385. The quantitative estimate of drug-likeness (QED) is 0.651. The zero-order valence-electron chi connectivity index (χ0n) is 12.5. The molecule has 0 fully saturated rings. The number of halogens is 1. The molecule has 1 atom stereocenters. The Morgan fingerprint density at radius 1 is 1.55 bits per heavy atom. The van der Waals surface area contributed by atoms with Crippen molar-refractivity contribution in [3.63, 3.8) is 0 Å². The third-order valence-corrected chi connectivity index (χ3v) is 3.74. The molecular weight excluding hydrogens is 308 g/mol. The highest BCUT2D eigenvalue weighted by Gasteiger charge is 2.25. The molecule has 0 bridgehead atoms. The second-order valence-electron chi connectivity index (χ2n) is 5.41. The minimum absolute atomic E-state index is 0.0328. The van der Waals surface area contributed by atoms with Gasteiger partial charge in [0, 0.05) is 37.0 Å². The van der Waals surface area contributed by atoms with Crippen LogP contribution in [0.1, 0.15) is 18.1 Å². The van der Waals surface area contributed by atoms with Crippen molar-refractivity contribution in [3.8, 4) is 0 Å². The number of benzene rings is 1. The summed E-state index contributed by atoms with van der Waals surface area (Å²) in [6.07, 6.45) is 3.31. The summed E-state index contributed by atoms with van der Waals surface area (Å²) in [5, 5.41) is 28.7. The molecule has 0 radical (unpaired) electrons. The number of aryl methyl sites for hydroxylation is 2. The predicted molar refractivity (Wildman–Crippen MR) is 84.1 cm³/mol. The molecule has 1 aromatic carbocycles. The Labute approximate surface area is 132 Å². The monoisotopic (exact) mass is 324 g/mol. The molecule has 22 heavy (non-hydrogen) atoms. The molecule has 2 rings (SSSR count). The zero-order valence-corrected chi connectivity index (χ0v) is 13.3. The van der Waals surface area contributed by atoms with Crippen LogP contribution in [-0.2, 0) is 12.6 Å². The lowest BCUT2D eigenvalue weighted by atomic mass is 9.99. The van der Waals surface area contributed by atoms with Crippen molar-refractivity contribution in [2.24, 2.45) is 7.05 Å². The highest BCUT2D eigenvalue weighted by Crippen LogP contribution is 2.31. The van der Waals surface area contributed by atoms with Gasteiger partial charge < -0.3 is 10.4 Å². The van der Waals surface area contributed by atoms with Crippen LogP contribution in [0.25, 0.3) is 0 Å². The van der Waals surface area contributed by atoms with Crippen LogP contribution in [-0.4, -0.2) is 26.4 Å². The van der Waals surface area contributed by atoms with Gasteiger partial charge in [-0.05, 0) is 19.9 Å². The zero-order chi connectivity index (χ0) is 16.5. The van der Waals surface area contributed by atoms with Gasteiger partial charge in [0.2, 0.25) is 0 Å². The number of nitrogens with zero attached hydrogens (tertiary/aromatic N) is 3. The van der Waals surface area contributed by atoms with E-state index in [4.69, 9.17) is 11.6 Å². The van der Waals surface area contributed by atoms with E-state index >= 15 is 0 Å². The maximum Gasteiger partial charge on any atom is 0.273 e. The number of nitro benzene ring substituents is 1.